The van der Waals surface area contributed by atoms with Gasteiger partial charge in [-0.05, 0) is 36.8 Å². The molecule has 31 heavy (non-hydrogen) atoms. The number of guanidine groups is 1. The Morgan fingerprint density at radius 3 is 2.61 bits per heavy atom. The second-order valence-electron chi connectivity index (χ2n) is 7.33. The number of esters is 1. The van der Waals surface area contributed by atoms with Gasteiger partial charge in [-0.15, -0.1) is 0 Å². The van der Waals surface area contributed by atoms with Crippen molar-refractivity contribution in [2.45, 2.75) is 13.0 Å². The molecule has 1 amide bonds. The van der Waals surface area contributed by atoms with Crippen molar-refractivity contribution in [3.63, 3.8) is 0 Å². The maximum Gasteiger partial charge on any atom is 0.321 e. The topological polar surface area (TPSA) is 87.1 Å². The minimum absolute atomic E-state index is 0.191. The quantitative estimate of drug-likeness (QED) is 0.578. The molecule has 0 bridgehead atoms. The number of rotatable bonds is 4. The first-order chi connectivity index (χ1) is 15.1. The van der Waals surface area contributed by atoms with Crippen LogP contribution < -0.4 is 10.2 Å². The molecule has 2 atom stereocenters. The number of aliphatic imine (C=N–C) groups is 1. The Hall–Kier alpha value is -3.13. The SMILES string of the molecule is CCOC(=O)[C@H]1C(=O)NC(N2CCN(c3ccccn3)CC2)=N[C@@H]1c1cccc(Cl)c1. The number of nitrogens with zero attached hydrogens (tertiary/aromatic N) is 4. The highest BCUT2D eigenvalue weighted by Crippen LogP contribution is 2.32. The highest BCUT2D eigenvalue weighted by Gasteiger charge is 2.42. The van der Waals surface area contributed by atoms with Crippen LogP contribution >= 0.6 is 11.6 Å². The van der Waals surface area contributed by atoms with Crippen LogP contribution in [-0.4, -0.2) is 60.5 Å². The van der Waals surface area contributed by atoms with Gasteiger partial charge in [0.1, 0.15) is 11.9 Å². The number of aromatic nitrogens is 1. The van der Waals surface area contributed by atoms with Crippen LogP contribution in [-0.2, 0) is 14.3 Å². The molecule has 8 nitrogen and oxygen atoms in total. The number of benzene rings is 1. The van der Waals surface area contributed by atoms with E-state index in [1.807, 2.05) is 29.2 Å². The lowest BCUT2D eigenvalue weighted by atomic mass is 9.91. The van der Waals surface area contributed by atoms with E-state index in [0.29, 0.717) is 29.6 Å². The summed E-state index contributed by atoms with van der Waals surface area (Å²) in [6.07, 6.45) is 1.78. The van der Waals surface area contributed by atoms with Gasteiger partial charge in [0.05, 0.1) is 6.61 Å². The zero-order valence-electron chi connectivity index (χ0n) is 17.2. The van der Waals surface area contributed by atoms with Gasteiger partial charge in [0.2, 0.25) is 11.9 Å². The largest absolute Gasteiger partial charge is 0.465 e. The van der Waals surface area contributed by atoms with Gasteiger partial charge in [-0.1, -0.05) is 29.8 Å². The molecule has 9 heteroatoms. The molecule has 0 radical (unpaired) electrons. The Morgan fingerprint density at radius 2 is 1.94 bits per heavy atom. The third kappa shape index (κ3) is 4.64. The van der Waals surface area contributed by atoms with E-state index in [0.717, 1.165) is 18.9 Å². The number of carbonyl (C=O) groups is 2. The van der Waals surface area contributed by atoms with Crippen molar-refractivity contribution in [3.8, 4) is 0 Å². The Morgan fingerprint density at radius 1 is 1.16 bits per heavy atom. The Bertz CT molecular complexity index is 976. The van der Waals surface area contributed by atoms with Crippen molar-refractivity contribution >= 4 is 35.3 Å². The predicted octanol–water partition coefficient (Wildman–Crippen LogP) is 2.26. The lowest BCUT2D eigenvalue weighted by Crippen LogP contribution is -2.57. The fourth-order valence-electron chi connectivity index (χ4n) is 3.84. The first-order valence-electron chi connectivity index (χ1n) is 10.3. The first-order valence-corrected chi connectivity index (χ1v) is 10.7. The molecule has 0 aliphatic carbocycles. The van der Waals surface area contributed by atoms with E-state index in [4.69, 9.17) is 21.3 Å². The Labute approximate surface area is 185 Å². The number of pyridine rings is 1. The summed E-state index contributed by atoms with van der Waals surface area (Å²) in [5, 5.41) is 3.33. The third-order valence-electron chi connectivity index (χ3n) is 5.38. The number of amides is 1. The summed E-state index contributed by atoms with van der Waals surface area (Å²) in [5.41, 5.74) is 0.699. The molecule has 3 heterocycles. The van der Waals surface area contributed by atoms with E-state index in [1.54, 1.807) is 31.3 Å². The molecule has 1 fully saturated rings. The van der Waals surface area contributed by atoms with Crippen LogP contribution in [0.3, 0.4) is 0 Å². The van der Waals surface area contributed by atoms with Gasteiger partial charge in [0.15, 0.2) is 5.92 Å². The zero-order chi connectivity index (χ0) is 21.8. The molecule has 2 aromatic rings. The lowest BCUT2D eigenvalue weighted by molar-refractivity contribution is -0.153. The molecule has 0 saturated carbocycles. The fourth-order valence-corrected chi connectivity index (χ4v) is 4.04. The summed E-state index contributed by atoms with van der Waals surface area (Å²) < 4.78 is 5.15. The van der Waals surface area contributed by atoms with Crippen molar-refractivity contribution in [3.05, 3.63) is 59.2 Å². The van der Waals surface area contributed by atoms with Crippen molar-refractivity contribution in [1.29, 1.82) is 0 Å². The lowest BCUT2D eigenvalue weighted by Gasteiger charge is -2.39. The van der Waals surface area contributed by atoms with E-state index < -0.39 is 23.8 Å². The van der Waals surface area contributed by atoms with Crippen molar-refractivity contribution in [2.75, 3.05) is 37.7 Å². The number of ether oxygens (including phenoxy) is 1. The van der Waals surface area contributed by atoms with Gasteiger partial charge in [-0.3, -0.25) is 14.9 Å². The summed E-state index contributed by atoms with van der Waals surface area (Å²) >= 11 is 6.16. The van der Waals surface area contributed by atoms with E-state index in [2.05, 4.69) is 15.2 Å². The fraction of sp³-hybridized carbons (Fsp3) is 0.364. The van der Waals surface area contributed by atoms with E-state index in [1.165, 1.54) is 0 Å². The van der Waals surface area contributed by atoms with Crippen molar-refractivity contribution in [1.82, 2.24) is 15.2 Å². The normalized spacial score (nSPS) is 21.4. The molecule has 1 saturated heterocycles. The van der Waals surface area contributed by atoms with Gasteiger partial charge in [0.25, 0.3) is 0 Å². The number of piperazine rings is 1. The molecule has 1 N–H and O–H groups in total. The van der Waals surface area contributed by atoms with Crippen LogP contribution in [0.4, 0.5) is 5.82 Å². The molecular formula is C22H24ClN5O3. The van der Waals surface area contributed by atoms with Gasteiger partial charge >= 0.3 is 5.97 Å². The first kappa shape index (κ1) is 21.1. The van der Waals surface area contributed by atoms with Crippen LogP contribution in [0, 0.1) is 5.92 Å². The molecule has 2 aliphatic heterocycles. The average molecular weight is 442 g/mol. The van der Waals surface area contributed by atoms with Crippen LogP contribution in [0.15, 0.2) is 53.7 Å². The summed E-state index contributed by atoms with van der Waals surface area (Å²) in [6.45, 7) is 4.73. The van der Waals surface area contributed by atoms with Crippen molar-refractivity contribution in [2.24, 2.45) is 10.9 Å². The second kappa shape index (κ2) is 9.34. The second-order valence-corrected chi connectivity index (χ2v) is 7.77. The van der Waals surface area contributed by atoms with Gasteiger partial charge in [0, 0.05) is 37.4 Å². The monoisotopic (exact) mass is 441 g/mol. The molecular weight excluding hydrogens is 418 g/mol. The van der Waals surface area contributed by atoms with E-state index >= 15 is 0 Å². The number of hydrogen-bond acceptors (Lipinski definition) is 7. The van der Waals surface area contributed by atoms with Crippen LogP contribution in [0.5, 0.6) is 0 Å². The predicted molar refractivity (Wildman–Crippen MR) is 118 cm³/mol. The summed E-state index contributed by atoms with van der Waals surface area (Å²) in [7, 11) is 0. The number of hydrogen-bond donors (Lipinski definition) is 1. The summed E-state index contributed by atoms with van der Waals surface area (Å²) in [4.78, 5) is 38.9. The molecule has 1 aromatic heterocycles. The highest BCUT2D eigenvalue weighted by atomic mass is 35.5. The zero-order valence-corrected chi connectivity index (χ0v) is 18.0. The Kier molecular flexibility index (Phi) is 6.36. The van der Waals surface area contributed by atoms with E-state index in [9.17, 15) is 9.59 Å². The number of carbonyl (C=O) groups excluding carboxylic acids is 2. The van der Waals surface area contributed by atoms with Crippen LogP contribution in [0.1, 0.15) is 18.5 Å². The molecule has 4 rings (SSSR count). The molecule has 2 aliphatic rings. The van der Waals surface area contributed by atoms with Crippen LogP contribution in [0.2, 0.25) is 5.02 Å². The maximum absolute atomic E-state index is 12.9. The molecule has 0 spiro atoms. The van der Waals surface area contributed by atoms with Gasteiger partial charge in [-0.25, -0.2) is 9.98 Å². The minimum atomic E-state index is -1.06. The number of anilines is 1. The van der Waals surface area contributed by atoms with E-state index in [-0.39, 0.29) is 6.61 Å². The van der Waals surface area contributed by atoms with Crippen LogP contribution in [0.25, 0.3) is 0 Å². The number of nitrogens with one attached hydrogen (secondary N) is 1. The van der Waals surface area contributed by atoms with Crippen molar-refractivity contribution < 1.29 is 14.3 Å². The van der Waals surface area contributed by atoms with Gasteiger partial charge in [-0.2, -0.15) is 0 Å². The highest BCUT2D eigenvalue weighted by molar-refractivity contribution is 6.30. The molecule has 1 aromatic carbocycles. The molecule has 0 unspecified atom stereocenters. The smallest absolute Gasteiger partial charge is 0.321 e. The summed E-state index contributed by atoms with van der Waals surface area (Å²) in [6, 6.07) is 12.2. The molecule has 162 valence electrons. The standard InChI is InChI=1S/C22H24ClN5O3/c1-2-31-21(30)18-19(15-6-5-7-16(23)14-15)25-22(26-20(18)29)28-12-10-27(11-13-28)17-8-3-4-9-24-17/h3-9,14,18-19H,2,10-13H2,1H3,(H,25,26,29)/t18-,19-/m1/s1. The third-order valence-corrected chi connectivity index (χ3v) is 5.61. The van der Waals surface area contributed by atoms with Gasteiger partial charge < -0.3 is 14.5 Å². The number of halogens is 1. The minimum Gasteiger partial charge on any atom is -0.465 e. The Balaban J connectivity index is 1.57. The average Bonchev–Trinajstić information content (AvgIpc) is 2.79. The maximum atomic E-state index is 12.9. The summed E-state index contributed by atoms with van der Waals surface area (Å²) in [5.74, 6) is -0.669.